The number of aromatic nitrogens is 1. The number of aliphatic hydroxyl groups excluding tert-OH is 1. The van der Waals surface area contributed by atoms with E-state index in [1.807, 2.05) is 4.90 Å². The normalized spacial score (nSPS) is 24.6. The maximum atomic E-state index is 14.3. The van der Waals surface area contributed by atoms with Crippen molar-refractivity contribution in [3.63, 3.8) is 0 Å². The van der Waals surface area contributed by atoms with Gasteiger partial charge in [-0.05, 0) is 49.6 Å². The zero-order chi connectivity index (χ0) is 20.4. The molecule has 0 saturated carbocycles. The van der Waals surface area contributed by atoms with Gasteiger partial charge in [0.15, 0.2) is 11.6 Å². The Balaban J connectivity index is 1.56. The van der Waals surface area contributed by atoms with Crippen molar-refractivity contribution < 1.29 is 19.0 Å². The summed E-state index contributed by atoms with van der Waals surface area (Å²) in [5.74, 6) is 0.516. The minimum Gasteiger partial charge on any atom is -0.497 e. The summed E-state index contributed by atoms with van der Waals surface area (Å²) in [6, 6.07) is 10.1. The van der Waals surface area contributed by atoms with Gasteiger partial charge in [-0.1, -0.05) is 6.07 Å². The molecule has 1 aromatic carbocycles. The average Bonchev–Trinajstić information content (AvgIpc) is 2.76. The van der Waals surface area contributed by atoms with E-state index in [-0.39, 0.29) is 11.7 Å². The van der Waals surface area contributed by atoms with Crippen LogP contribution in [0, 0.1) is 11.2 Å². The molecule has 3 heterocycles. The third kappa shape index (κ3) is 3.79. The second-order valence-electron chi connectivity index (χ2n) is 7.96. The molecule has 1 N–H and O–H groups in total. The van der Waals surface area contributed by atoms with Gasteiger partial charge >= 0.3 is 0 Å². The maximum absolute atomic E-state index is 14.3. The number of pyridine rings is 1. The van der Waals surface area contributed by atoms with Crippen LogP contribution in [-0.2, 0) is 0 Å². The Labute approximate surface area is 169 Å². The third-order valence-corrected chi connectivity index (χ3v) is 6.14. The van der Waals surface area contributed by atoms with E-state index >= 15 is 0 Å². The monoisotopic (exact) mass is 399 g/mol. The fourth-order valence-corrected chi connectivity index (χ4v) is 4.61. The molecule has 7 heteroatoms. The number of aliphatic hydroxyl groups is 1. The molecule has 2 aromatic rings. The number of piperidine rings is 2. The Morgan fingerprint density at radius 2 is 2.14 bits per heavy atom. The first kappa shape index (κ1) is 19.6. The molecule has 2 aliphatic heterocycles. The lowest BCUT2D eigenvalue weighted by Crippen LogP contribution is -2.60. The topological polar surface area (TPSA) is 65.9 Å². The molecule has 2 fully saturated rings. The third-order valence-electron chi connectivity index (χ3n) is 6.14. The van der Waals surface area contributed by atoms with Gasteiger partial charge in [-0.3, -0.25) is 4.79 Å². The quantitative estimate of drug-likeness (QED) is 0.860. The van der Waals surface area contributed by atoms with Crippen molar-refractivity contribution in [1.82, 2.24) is 9.88 Å². The van der Waals surface area contributed by atoms with Crippen LogP contribution in [0.25, 0.3) is 0 Å². The molecule has 0 aliphatic carbocycles. The summed E-state index contributed by atoms with van der Waals surface area (Å²) in [4.78, 5) is 21.0. The molecule has 4 rings (SSSR count). The predicted octanol–water partition coefficient (Wildman–Crippen LogP) is 2.72. The molecule has 0 bridgehead atoms. The number of methoxy groups -OCH3 is 1. The number of carbonyl (C=O) groups is 1. The molecule has 0 radical (unpaired) electrons. The first-order valence-corrected chi connectivity index (χ1v) is 9.99. The van der Waals surface area contributed by atoms with Crippen LogP contribution in [0.1, 0.15) is 29.6 Å². The van der Waals surface area contributed by atoms with Crippen molar-refractivity contribution in [1.29, 1.82) is 0 Å². The zero-order valence-electron chi connectivity index (χ0n) is 16.6. The van der Waals surface area contributed by atoms with Gasteiger partial charge in [-0.15, -0.1) is 0 Å². The van der Waals surface area contributed by atoms with Crippen LogP contribution in [-0.4, -0.2) is 60.3 Å². The van der Waals surface area contributed by atoms with Crippen molar-refractivity contribution in [3.8, 4) is 5.75 Å². The smallest absolute Gasteiger partial charge is 0.254 e. The van der Waals surface area contributed by atoms with Crippen molar-refractivity contribution >= 4 is 11.7 Å². The first-order chi connectivity index (χ1) is 14.0. The molecule has 2 aliphatic rings. The van der Waals surface area contributed by atoms with E-state index in [0.29, 0.717) is 49.7 Å². The van der Waals surface area contributed by atoms with Crippen molar-refractivity contribution in [2.75, 3.05) is 38.2 Å². The molecule has 1 aromatic heterocycles. The largest absolute Gasteiger partial charge is 0.497 e. The number of anilines is 1. The van der Waals surface area contributed by atoms with E-state index in [9.17, 15) is 14.3 Å². The molecule has 154 valence electrons. The van der Waals surface area contributed by atoms with E-state index < -0.39 is 11.5 Å². The zero-order valence-corrected chi connectivity index (χ0v) is 16.6. The van der Waals surface area contributed by atoms with Crippen LogP contribution in [0.2, 0.25) is 0 Å². The van der Waals surface area contributed by atoms with Gasteiger partial charge in [0, 0.05) is 43.4 Å². The minimum atomic E-state index is -0.536. The van der Waals surface area contributed by atoms with E-state index in [1.54, 1.807) is 48.5 Å². The highest BCUT2D eigenvalue weighted by atomic mass is 19.1. The first-order valence-electron chi connectivity index (χ1n) is 9.99. The number of benzene rings is 1. The number of rotatable bonds is 3. The second kappa shape index (κ2) is 7.99. The molecule has 29 heavy (non-hydrogen) atoms. The van der Waals surface area contributed by atoms with Gasteiger partial charge in [0.2, 0.25) is 0 Å². The minimum absolute atomic E-state index is 0.0729. The van der Waals surface area contributed by atoms with E-state index in [4.69, 9.17) is 4.74 Å². The molecular weight excluding hydrogens is 373 g/mol. The lowest BCUT2D eigenvalue weighted by Gasteiger charge is -2.51. The number of nitrogens with zero attached hydrogens (tertiary/aromatic N) is 3. The standard InChI is InChI=1S/C22H26FN3O3/c1-29-17-6-2-5-16(13-17)21(28)26-11-4-9-22(15-26)14-25(12-8-19(22)27)20-18(23)7-3-10-24-20/h2-3,5-7,10,13,19,27H,4,8-9,11-12,14-15H2,1H3/t19-,22-/m1/s1. The van der Waals surface area contributed by atoms with Crippen molar-refractivity contribution in [3.05, 3.63) is 54.0 Å². The summed E-state index contributed by atoms with van der Waals surface area (Å²) >= 11 is 0. The molecule has 1 spiro atoms. The fourth-order valence-electron chi connectivity index (χ4n) is 4.61. The fraction of sp³-hybridized carbons (Fsp3) is 0.455. The molecular formula is C22H26FN3O3. The summed E-state index contributed by atoms with van der Waals surface area (Å²) in [7, 11) is 1.57. The van der Waals surface area contributed by atoms with Crippen LogP contribution in [0.4, 0.5) is 10.2 Å². The molecule has 0 unspecified atom stereocenters. The maximum Gasteiger partial charge on any atom is 0.254 e. The molecule has 2 saturated heterocycles. The summed E-state index contributed by atoms with van der Waals surface area (Å²) in [6.45, 7) is 2.10. The van der Waals surface area contributed by atoms with E-state index in [1.165, 1.54) is 6.07 Å². The number of carbonyl (C=O) groups excluding carboxylic acids is 1. The Bertz CT molecular complexity index is 893. The lowest BCUT2D eigenvalue weighted by molar-refractivity contribution is -0.0363. The van der Waals surface area contributed by atoms with Gasteiger partial charge in [0.1, 0.15) is 5.75 Å². The molecule has 6 nitrogen and oxygen atoms in total. The molecule has 1 amide bonds. The number of amides is 1. The number of hydrogen-bond acceptors (Lipinski definition) is 5. The molecule has 2 atom stereocenters. The van der Waals surface area contributed by atoms with Gasteiger partial charge in [0.25, 0.3) is 5.91 Å². The Kier molecular flexibility index (Phi) is 5.41. The Morgan fingerprint density at radius 1 is 1.28 bits per heavy atom. The van der Waals surface area contributed by atoms with Crippen LogP contribution >= 0.6 is 0 Å². The summed E-state index contributed by atoms with van der Waals surface area (Å²) in [5.41, 5.74) is 0.0777. The summed E-state index contributed by atoms with van der Waals surface area (Å²) in [6.07, 6.45) is 3.16. The lowest BCUT2D eigenvalue weighted by atomic mass is 9.71. The highest BCUT2D eigenvalue weighted by Gasteiger charge is 2.47. The van der Waals surface area contributed by atoms with Crippen LogP contribution in [0.3, 0.4) is 0 Å². The van der Waals surface area contributed by atoms with Crippen LogP contribution < -0.4 is 9.64 Å². The number of hydrogen-bond donors (Lipinski definition) is 1. The second-order valence-corrected chi connectivity index (χ2v) is 7.96. The Morgan fingerprint density at radius 3 is 2.93 bits per heavy atom. The number of ether oxygens (including phenoxy) is 1. The number of halogens is 1. The van der Waals surface area contributed by atoms with Crippen LogP contribution in [0.15, 0.2) is 42.6 Å². The predicted molar refractivity (Wildman–Crippen MR) is 108 cm³/mol. The number of likely N-dealkylation sites (tertiary alicyclic amines) is 1. The Hall–Kier alpha value is -2.67. The summed E-state index contributed by atoms with van der Waals surface area (Å²) < 4.78 is 19.5. The SMILES string of the molecule is COc1cccc(C(=O)N2CCC[C@]3(C2)CN(c2ncccc2F)CC[C@H]3O)c1. The van der Waals surface area contributed by atoms with Gasteiger partial charge in [0.05, 0.1) is 13.2 Å². The van der Waals surface area contributed by atoms with E-state index in [0.717, 1.165) is 12.8 Å². The van der Waals surface area contributed by atoms with Gasteiger partial charge in [-0.25, -0.2) is 9.37 Å². The summed E-state index contributed by atoms with van der Waals surface area (Å²) in [5, 5.41) is 10.9. The van der Waals surface area contributed by atoms with Crippen LogP contribution in [0.5, 0.6) is 5.75 Å². The average molecular weight is 399 g/mol. The van der Waals surface area contributed by atoms with Crippen molar-refractivity contribution in [2.45, 2.75) is 25.4 Å². The van der Waals surface area contributed by atoms with Gasteiger partial charge < -0.3 is 19.6 Å². The van der Waals surface area contributed by atoms with Gasteiger partial charge in [-0.2, -0.15) is 0 Å². The van der Waals surface area contributed by atoms with Crippen molar-refractivity contribution in [2.24, 2.45) is 5.41 Å². The van der Waals surface area contributed by atoms with E-state index in [2.05, 4.69) is 4.98 Å². The highest BCUT2D eigenvalue weighted by molar-refractivity contribution is 5.94. The highest BCUT2D eigenvalue weighted by Crippen LogP contribution is 2.40.